The van der Waals surface area contributed by atoms with Gasteiger partial charge >= 0.3 is 0 Å². The summed E-state index contributed by atoms with van der Waals surface area (Å²) in [5.74, 6) is -0.221. The van der Waals surface area contributed by atoms with Crippen LogP contribution in [0.5, 0.6) is 0 Å². The lowest BCUT2D eigenvalue weighted by molar-refractivity contribution is 0.625. The predicted molar refractivity (Wildman–Crippen MR) is 61.3 cm³/mol. The highest BCUT2D eigenvalue weighted by molar-refractivity contribution is 5.32. The van der Waals surface area contributed by atoms with Crippen molar-refractivity contribution < 1.29 is 4.39 Å². The average Bonchev–Trinajstić information content (AvgIpc) is 2.31. The van der Waals surface area contributed by atoms with Gasteiger partial charge in [0.2, 0.25) is 0 Å². The Labute approximate surface area is 93.9 Å². The summed E-state index contributed by atoms with van der Waals surface area (Å²) < 4.78 is 13.1. The molecule has 1 heterocycles. The van der Waals surface area contributed by atoms with Gasteiger partial charge in [-0.1, -0.05) is 6.07 Å². The highest BCUT2D eigenvalue weighted by Gasteiger charge is 2.03. The van der Waals surface area contributed by atoms with Crippen molar-refractivity contribution in [2.45, 2.75) is 13.0 Å². The van der Waals surface area contributed by atoms with Crippen LogP contribution < -0.4 is 5.73 Å². The summed E-state index contributed by atoms with van der Waals surface area (Å²) in [6.07, 6.45) is 4.15. The van der Waals surface area contributed by atoms with Crippen LogP contribution in [0.1, 0.15) is 16.7 Å². The van der Waals surface area contributed by atoms with Crippen molar-refractivity contribution in [2.24, 2.45) is 5.73 Å². The fourth-order valence-corrected chi connectivity index (χ4v) is 1.68. The predicted octanol–water partition coefficient (Wildman–Crippen LogP) is 2.27. The number of aromatic nitrogens is 1. The second-order valence-corrected chi connectivity index (χ2v) is 3.65. The van der Waals surface area contributed by atoms with E-state index in [1.54, 1.807) is 24.5 Å². The van der Waals surface area contributed by atoms with Crippen molar-refractivity contribution in [1.82, 2.24) is 4.98 Å². The van der Waals surface area contributed by atoms with E-state index >= 15 is 0 Å². The zero-order valence-corrected chi connectivity index (χ0v) is 8.86. The summed E-state index contributed by atoms with van der Waals surface area (Å²) in [6.45, 7) is 0.431. The molecule has 2 N–H and O–H groups in total. The molecule has 0 spiro atoms. The Hall–Kier alpha value is -1.74. The molecule has 16 heavy (non-hydrogen) atoms. The Balaban J connectivity index is 2.30. The second-order valence-electron chi connectivity index (χ2n) is 3.65. The quantitative estimate of drug-likeness (QED) is 0.854. The van der Waals surface area contributed by atoms with Crippen molar-refractivity contribution in [3.05, 3.63) is 65.2 Å². The molecule has 3 heteroatoms. The van der Waals surface area contributed by atoms with Gasteiger partial charge in [0.25, 0.3) is 0 Å². The maximum absolute atomic E-state index is 13.1. The Morgan fingerprint density at radius 2 is 1.81 bits per heavy atom. The van der Waals surface area contributed by atoms with Gasteiger partial charge in [-0.15, -0.1) is 0 Å². The standard InChI is InChI=1S/C13H13FN2/c14-13-2-1-11(9-15)12(8-13)7-10-3-5-16-6-4-10/h1-6,8H,7,9,15H2. The first kappa shape index (κ1) is 10.8. The van der Waals surface area contributed by atoms with E-state index in [1.807, 2.05) is 12.1 Å². The molecule has 82 valence electrons. The van der Waals surface area contributed by atoms with Crippen LogP contribution in [0.15, 0.2) is 42.7 Å². The molecule has 0 aliphatic heterocycles. The molecule has 2 aromatic rings. The van der Waals surface area contributed by atoms with Gasteiger partial charge < -0.3 is 5.73 Å². The number of hydrogen-bond acceptors (Lipinski definition) is 2. The topological polar surface area (TPSA) is 38.9 Å². The van der Waals surface area contributed by atoms with Crippen molar-refractivity contribution in [3.8, 4) is 0 Å². The van der Waals surface area contributed by atoms with Gasteiger partial charge in [0, 0.05) is 18.9 Å². The molecular formula is C13H13FN2. The number of nitrogens with zero attached hydrogens (tertiary/aromatic N) is 1. The average molecular weight is 216 g/mol. The van der Waals surface area contributed by atoms with Crippen LogP contribution in [0.25, 0.3) is 0 Å². The first-order valence-corrected chi connectivity index (χ1v) is 5.16. The molecule has 0 amide bonds. The molecule has 0 saturated carbocycles. The highest BCUT2D eigenvalue weighted by Crippen LogP contribution is 2.15. The van der Waals surface area contributed by atoms with Crippen molar-refractivity contribution in [3.63, 3.8) is 0 Å². The summed E-state index contributed by atoms with van der Waals surface area (Å²) in [5, 5.41) is 0. The number of nitrogens with two attached hydrogens (primary N) is 1. The Morgan fingerprint density at radius 1 is 1.06 bits per heavy atom. The van der Waals surface area contributed by atoms with Gasteiger partial charge in [-0.3, -0.25) is 4.98 Å². The van der Waals surface area contributed by atoms with E-state index < -0.39 is 0 Å². The number of pyridine rings is 1. The van der Waals surface area contributed by atoms with E-state index in [0.29, 0.717) is 13.0 Å². The van der Waals surface area contributed by atoms with E-state index in [2.05, 4.69) is 4.98 Å². The minimum Gasteiger partial charge on any atom is -0.326 e. The van der Waals surface area contributed by atoms with Gasteiger partial charge in [0.1, 0.15) is 5.82 Å². The normalized spacial score (nSPS) is 10.4. The second kappa shape index (κ2) is 4.86. The minimum absolute atomic E-state index is 0.221. The summed E-state index contributed by atoms with van der Waals surface area (Å²) in [6, 6.07) is 8.57. The zero-order chi connectivity index (χ0) is 11.4. The first-order valence-electron chi connectivity index (χ1n) is 5.16. The van der Waals surface area contributed by atoms with Crippen molar-refractivity contribution >= 4 is 0 Å². The van der Waals surface area contributed by atoms with Crippen LogP contribution in [0.3, 0.4) is 0 Å². The van der Waals surface area contributed by atoms with E-state index in [0.717, 1.165) is 16.7 Å². The lowest BCUT2D eigenvalue weighted by atomic mass is 10.0. The molecule has 0 bridgehead atoms. The Bertz CT molecular complexity index is 469. The lowest BCUT2D eigenvalue weighted by Crippen LogP contribution is -2.02. The largest absolute Gasteiger partial charge is 0.326 e. The van der Waals surface area contributed by atoms with Crippen LogP contribution in [-0.4, -0.2) is 4.98 Å². The molecule has 0 radical (unpaired) electrons. The Morgan fingerprint density at radius 3 is 2.50 bits per heavy atom. The van der Waals surface area contributed by atoms with Gasteiger partial charge in [0.05, 0.1) is 0 Å². The fraction of sp³-hybridized carbons (Fsp3) is 0.154. The van der Waals surface area contributed by atoms with Crippen LogP contribution in [0, 0.1) is 5.82 Å². The third kappa shape index (κ3) is 2.44. The highest BCUT2D eigenvalue weighted by atomic mass is 19.1. The van der Waals surface area contributed by atoms with Crippen LogP contribution in [-0.2, 0) is 13.0 Å². The SMILES string of the molecule is NCc1ccc(F)cc1Cc1ccncc1. The molecule has 0 fully saturated rings. The number of halogens is 1. The van der Waals surface area contributed by atoms with E-state index in [4.69, 9.17) is 5.73 Å². The monoisotopic (exact) mass is 216 g/mol. The summed E-state index contributed by atoms with van der Waals surface area (Å²) in [7, 11) is 0. The fourth-order valence-electron chi connectivity index (χ4n) is 1.68. The van der Waals surface area contributed by atoms with E-state index in [-0.39, 0.29) is 5.82 Å². The Kier molecular flexibility index (Phi) is 3.27. The molecule has 0 saturated heterocycles. The van der Waals surface area contributed by atoms with Gasteiger partial charge in [-0.05, 0) is 47.4 Å². The van der Waals surface area contributed by atoms with E-state index in [9.17, 15) is 4.39 Å². The molecule has 2 rings (SSSR count). The molecule has 1 aromatic carbocycles. The van der Waals surface area contributed by atoms with Gasteiger partial charge in [0.15, 0.2) is 0 Å². The first-order chi connectivity index (χ1) is 7.79. The van der Waals surface area contributed by atoms with Crippen LogP contribution in [0.4, 0.5) is 4.39 Å². The van der Waals surface area contributed by atoms with Gasteiger partial charge in [-0.2, -0.15) is 0 Å². The summed E-state index contributed by atoms with van der Waals surface area (Å²) in [5.41, 5.74) is 8.65. The zero-order valence-electron chi connectivity index (χ0n) is 8.86. The number of hydrogen-bond donors (Lipinski definition) is 1. The third-order valence-electron chi connectivity index (χ3n) is 2.53. The molecule has 0 aliphatic rings. The van der Waals surface area contributed by atoms with Crippen LogP contribution >= 0.6 is 0 Å². The van der Waals surface area contributed by atoms with Crippen molar-refractivity contribution in [2.75, 3.05) is 0 Å². The molecule has 1 aromatic heterocycles. The third-order valence-corrected chi connectivity index (χ3v) is 2.53. The molecule has 0 aliphatic carbocycles. The van der Waals surface area contributed by atoms with E-state index in [1.165, 1.54) is 6.07 Å². The maximum atomic E-state index is 13.1. The molecule has 0 unspecified atom stereocenters. The summed E-state index contributed by atoms with van der Waals surface area (Å²) >= 11 is 0. The summed E-state index contributed by atoms with van der Waals surface area (Å²) in [4.78, 5) is 3.95. The molecule has 0 atom stereocenters. The molecule has 2 nitrogen and oxygen atoms in total. The number of benzene rings is 1. The smallest absolute Gasteiger partial charge is 0.123 e. The lowest BCUT2D eigenvalue weighted by Gasteiger charge is -2.07. The van der Waals surface area contributed by atoms with Crippen LogP contribution in [0.2, 0.25) is 0 Å². The van der Waals surface area contributed by atoms with Crippen molar-refractivity contribution in [1.29, 1.82) is 0 Å². The number of rotatable bonds is 3. The maximum Gasteiger partial charge on any atom is 0.123 e. The molecular weight excluding hydrogens is 203 g/mol. The minimum atomic E-state index is -0.221. The van der Waals surface area contributed by atoms with Gasteiger partial charge in [-0.25, -0.2) is 4.39 Å².